The Kier molecular flexibility index (Phi) is 9.86. The summed E-state index contributed by atoms with van der Waals surface area (Å²) < 4.78 is 6.86. The Labute approximate surface area is 403 Å². The third-order valence-electron chi connectivity index (χ3n) is 14.6. The van der Waals surface area contributed by atoms with Crippen LogP contribution in [0.15, 0.2) is 162 Å². The number of hydrogen-bond acceptors (Lipinski definition) is 4. The predicted octanol–water partition coefficient (Wildman–Crippen LogP) is 15.6. The first kappa shape index (κ1) is 43.7. The topological polar surface area (TPSA) is 32.5 Å². The fraction of sp³-hybridized carbons (Fsp3) is 0.254. The molecule has 68 heavy (non-hydrogen) atoms. The van der Waals surface area contributed by atoms with Crippen molar-refractivity contribution >= 4 is 79.2 Å². The quantitative estimate of drug-likeness (QED) is 0.165. The fourth-order valence-electron chi connectivity index (χ4n) is 10.6. The highest BCUT2D eigenvalue weighted by atomic mass is 16.3. The normalized spacial score (nSPS) is 13.8. The number of furan rings is 1. The number of fused-ring (bicyclic) bond motifs is 7. The largest absolute Gasteiger partial charge is 0.455 e. The van der Waals surface area contributed by atoms with Crippen LogP contribution in [0.4, 0.5) is 34.1 Å². The maximum absolute atomic E-state index is 6.86. The van der Waals surface area contributed by atoms with Crippen LogP contribution >= 0.6 is 0 Å². The minimum Gasteiger partial charge on any atom is -0.455 e. The lowest BCUT2D eigenvalue weighted by Gasteiger charge is -2.45. The number of benzene rings is 7. The van der Waals surface area contributed by atoms with Crippen LogP contribution in [0.5, 0.6) is 0 Å². The molecule has 5 heteroatoms. The average Bonchev–Trinajstić information content (AvgIpc) is 3.68. The van der Waals surface area contributed by atoms with Crippen LogP contribution < -0.4 is 26.2 Å². The monoisotopic (exact) mass is 887 g/mol. The fourth-order valence-corrected chi connectivity index (χ4v) is 10.6. The van der Waals surface area contributed by atoms with E-state index >= 15 is 0 Å². The summed E-state index contributed by atoms with van der Waals surface area (Å²) >= 11 is 0. The molecule has 0 atom stereocenters. The van der Waals surface area contributed by atoms with Gasteiger partial charge in [0.2, 0.25) is 0 Å². The third kappa shape index (κ3) is 7.25. The molecule has 2 aromatic heterocycles. The van der Waals surface area contributed by atoms with E-state index in [1.165, 1.54) is 61.4 Å². The molecule has 4 heterocycles. The van der Waals surface area contributed by atoms with Crippen LogP contribution in [0.1, 0.15) is 105 Å². The van der Waals surface area contributed by atoms with Gasteiger partial charge >= 0.3 is 0 Å². The van der Waals surface area contributed by atoms with E-state index in [-0.39, 0.29) is 28.4 Å². The second kappa shape index (κ2) is 15.3. The molecule has 0 spiro atoms. The van der Waals surface area contributed by atoms with Crippen molar-refractivity contribution in [3.63, 3.8) is 0 Å². The van der Waals surface area contributed by atoms with Crippen molar-refractivity contribution in [1.29, 1.82) is 0 Å². The first-order valence-corrected chi connectivity index (χ1v) is 24.4. The number of para-hydroxylation sites is 1. The summed E-state index contributed by atoms with van der Waals surface area (Å²) in [5, 5.41) is 2.18. The minimum absolute atomic E-state index is 0.0123. The predicted molar refractivity (Wildman–Crippen MR) is 291 cm³/mol. The molecule has 11 rings (SSSR count). The van der Waals surface area contributed by atoms with Crippen LogP contribution in [-0.4, -0.2) is 11.7 Å². The van der Waals surface area contributed by atoms with Crippen molar-refractivity contribution in [1.82, 2.24) is 4.98 Å². The third-order valence-corrected chi connectivity index (χ3v) is 14.6. The standard InChI is InChI=1S/C63H62BN3O/c1-60(2,3)41-20-26-45(27-21-41)66-53-31-24-43(62(7,8)9)37-50(53)64-51-38-44(63(10,11)12)25-32-54(51)67(46-28-22-42(23-29-46)61(4,5)6)56-35-40(34-55(66)58(56)64)39-19-30-47-48-16-15-17-49(52-18-13-14-33-65-52)59(48)68-57(47)36-39/h13-38H,1-12H3. The molecule has 2 aliphatic rings. The molecule has 0 saturated carbocycles. The van der Waals surface area contributed by atoms with Gasteiger partial charge in [0, 0.05) is 56.7 Å². The molecule has 0 unspecified atom stereocenters. The first-order valence-electron chi connectivity index (χ1n) is 24.4. The van der Waals surface area contributed by atoms with Gasteiger partial charge in [-0.05, 0) is 150 Å². The molecule has 0 amide bonds. The Morgan fingerprint density at radius 2 is 0.941 bits per heavy atom. The molecule has 9 aromatic rings. The van der Waals surface area contributed by atoms with Gasteiger partial charge in [0.15, 0.2) is 0 Å². The highest BCUT2D eigenvalue weighted by molar-refractivity contribution is 7.00. The maximum Gasteiger partial charge on any atom is 0.252 e. The zero-order valence-electron chi connectivity index (χ0n) is 41.8. The number of hydrogen-bond donors (Lipinski definition) is 0. The SMILES string of the molecule is CC(C)(C)c1ccc(N2c3ccc(C(C)(C)C)cc3B3c4cc(C(C)(C)C)ccc4N(c4ccc(C(C)(C)C)cc4)c4cc(-c5ccc6c(c5)oc5c(-c7ccccn7)cccc56)cc2c43)cc1. The molecule has 0 fully saturated rings. The van der Waals surface area contributed by atoms with E-state index in [1.807, 2.05) is 24.4 Å². The van der Waals surface area contributed by atoms with Gasteiger partial charge in [-0.1, -0.05) is 156 Å². The average molecular weight is 888 g/mol. The summed E-state index contributed by atoms with van der Waals surface area (Å²) in [6, 6.07) is 57.2. The van der Waals surface area contributed by atoms with Crippen LogP contribution in [0.2, 0.25) is 0 Å². The molecule has 0 bridgehead atoms. The molecule has 2 aliphatic heterocycles. The van der Waals surface area contributed by atoms with Crippen LogP contribution in [0.25, 0.3) is 44.3 Å². The number of pyridine rings is 1. The van der Waals surface area contributed by atoms with E-state index in [0.29, 0.717) is 0 Å². The van der Waals surface area contributed by atoms with Gasteiger partial charge < -0.3 is 14.2 Å². The summed E-state index contributed by atoms with van der Waals surface area (Å²) in [6.07, 6.45) is 1.84. The van der Waals surface area contributed by atoms with Crippen LogP contribution in [0.3, 0.4) is 0 Å². The van der Waals surface area contributed by atoms with Gasteiger partial charge in [0.05, 0.1) is 5.69 Å². The Morgan fingerprint density at radius 1 is 0.426 bits per heavy atom. The van der Waals surface area contributed by atoms with Gasteiger partial charge in [-0.25, -0.2) is 0 Å². The molecule has 0 saturated heterocycles. The Balaban J connectivity index is 1.22. The Bertz CT molecular complexity index is 3280. The molecule has 338 valence electrons. The van der Waals surface area contributed by atoms with E-state index in [4.69, 9.17) is 9.40 Å². The molecular weight excluding hydrogens is 826 g/mol. The summed E-state index contributed by atoms with van der Waals surface area (Å²) in [4.78, 5) is 9.79. The van der Waals surface area contributed by atoms with Crippen molar-refractivity contribution < 1.29 is 4.42 Å². The highest BCUT2D eigenvalue weighted by Gasteiger charge is 2.44. The number of nitrogens with zero attached hydrogens (tertiary/aromatic N) is 3. The Morgan fingerprint density at radius 3 is 1.43 bits per heavy atom. The molecule has 7 aromatic carbocycles. The smallest absolute Gasteiger partial charge is 0.252 e. The van der Waals surface area contributed by atoms with Crippen molar-refractivity contribution in [2.45, 2.75) is 105 Å². The van der Waals surface area contributed by atoms with Crippen LogP contribution in [0, 0.1) is 0 Å². The van der Waals surface area contributed by atoms with Gasteiger partial charge in [0.1, 0.15) is 11.2 Å². The number of anilines is 6. The van der Waals surface area contributed by atoms with Crippen molar-refractivity contribution in [3.05, 3.63) is 180 Å². The van der Waals surface area contributed by atoms with Gasteiger partial charge in [-0.2, -0.15) is 0 Å². The Hall–Kier alpha value is -6.85. The van der Waals surface area contributed by atoms with E-state index in [1.54, 1.807) is 0 Å². The molecule has 0 aliphatic carbocycles. The highest BCUT2D eigenvalue weighted by Crippen LogP contribution is 2.48. The van der Waals surface area contributed by atoms with E-state index in [2.05, 4.69) is 226 Å². The first-order chi connectivity index (χ1) is 32.2. The van der Waals surface area contributed by atoms with E-state index in [9.17, 15) is 0 Å². The summed E-state index contributed by atoms with van der Waals surface area (Å²) in [6.45, 7) is 27.7. The van der Waals surface area contributed by atoms with Crippen molar-refractivity contribution in [2.75, 3.05) is 9.80 Å². The summed E-state index contributed by atoms with van der Waals surface area (Å²) in [5.41, 5.74) is 22.2. The maximum atomic E-state index is 6.86. The second-order valence-corrected chi connectivity index (χ2v) is 23.4. The lowest BCUT2D eigenvalue weighted by Crippen LogP contribution is -2.61. The van der Waals surface area contributed by atoms with Crippen LogP contribution in [-0.2, 0) is 21.7 Å². The molecule has 4 nitrogen and oxygen atoms in total. The zero-order valence-corrected chi connectivity index (χ0v) is 41.8. The van der Waals surface area contributed by atoms with E-state index < -0.39 is 0 Å². The molecule has 0 N–H and O–H groups in total. The summed E-state index contributed by atoms with van der Waals surface area (Å²) in [5.74, 6) is 0. The molecule has 0 radical (unpaired) electrons. The zero-order chi connectivity index (χ0) is 47.7. The minimum atomic E-state index is -0.0412. The van der Waals surface area contributed by atoms with E-state index in [0.717, 1.165) is 55.7 Å². The second-order valence-electron chi connectivity index (χ2n) is 23.4. The van der Waals surface area contributed by atoms with Gasteiger partial charge in [0.25, 0.3) is 6.71 Å². The lowest BCUT2D eigenvalue weighted by molar-refractivity contribution is 0.590. The van der Waals surface area contributed by atoms with Crippen molar-refractivity contribution in [3.8, 4) is 22.4 Å². The lowest BCUT2D eigenvalue weighted by atomic mass is 9.33. The number of aromatic nitrogens is 1. The molecular formula is C63H62BN3O. The van der Waals surface area contributed by atoms with Gasteiger partial charge in [-0.15, -0.1) is 0 Å². The summed E-state index contributed by atoms with van der Waals surface area (Å²) in [7, 11) is 0. The number of rotatable bonds is 4. The van der Waals surface area contributed by atoms with Crippen molar-refractivity contribution in [2.24, 2.45) is 0 Å². The van der Waals surface area contributed by atoms with Gasteiger partial charge in [-0.3, -0.25) is 4.98 Å².